The summed E-state index contributed by atoms with van der Waals surface area (Å²) in [7, 11) is 1.65. The summed E-state index contributed by atoms with van der Waals surface area (Å²) in [5.41, 5.74) is -0.0764. The molecule has 2 aromatic rings. The highest BCUT2D eigenvalue weighted by Crippen LogP contribution is 2.33. The second-order valence-electron chi connectivity index (χ2n) is 4.54. The van der Waals surface area contributed by atoms with Crippen LogP contribution < -0.4 is 0 Å². The van der Waals surface area contributed by atoms with Crippen molar-refractivity contribution in [3.05, 3.63) is 52.3 Å². The van der Waals surface area contributed by atoms with E-state index in [4.69, 9.17) is 0 Å². The molecule has 106 valence electrons. The van der Waals surface area contributed by atoms with Crippen molar-refractivity contribution in [1.82, 2.24) is 9.78 Å². The number of carbonyl (C=O) groups is 1. The van der Waals surface area contributed by atoms with E-state index in [0.29, 0.717) is 11.4 Å². The van der Waals surface area contributed by atoms with Crippen LogP contribution in [0.25, 0.3) is 0 Å². The topological polar surface area (TPSA) is 34.9 Å². The minimum atomic E-state index is -4.56. The lowest BCUT2D eigenvalue weighted by atomic mass is 9.97. The van der Waals surface area contributed by atoms with Crippen LogP contribution in [0, 0.1) is 13.8 Å². The van der Waals surface area contributed by atoms with Gasteiger partial charge >= 0.3 is 6.18 Å². The molecule has 0 unspecified atom stereocenters. The number of rotatable bonds is 2. The molecule has 0 aliphatic heterocycles. The van der Waals surface area contributed by atoms with Crippen molar-refractivity contribution < 1.29 is 18.0 Å². The predicted molar refractivity (Wildman–Crippen MR) is 67.6 cm³/mol. The third-order valence-electron chi connectivity index (χ3n) is 3.21. The number of aryl methyl sites for hydroxylation is 2. The number of nitrogens with zero attached hydrogens (tertiary/aromatic N) is 2. The third-order valence-corrected chi connectivity index (χ3v) is 3.21. The highest BCUT2D eigenvalue weighted by molar-refractivity contribution is 6.11. The van der Waals surface area contributed by atoms with Crippen molar-refractivity contribution >= 4 is 5.78 Å². The quantitative estimate of drug-likeness (QED) is 0.792. The molecule has 1 aromatic carbocycles. The lowest BCUT2D eigenvalue weighted by molar-refractivity contribution is -0.137. The molecule has 6 heteroatoms. The first-order chi connectivity index (χ1) is 9.23. The van der Waals surface area contributed by atoms with Crippen LogP contribution in [0.1, 0.15) is 32.9 Å². The van der Waals surface area contributed by atoms with Gasteiger partial charge in [0.1, 0.15) is 0 Å². The Bertz CT molecular complexity index is 672. The smallest absolute Gasteiger partial charge is 0.288 e. The normalized spacial score (nSPS) is 11.7. The lowest BCUT2D eigenvalue weighted by Gasteiger charge is -2.11. The lowest BCUT2D eigenvalue weighted by Crippen LogP contribution is -2.14. The molecule has 1 heterocycles. The van der Waals surface area contributed by atoms with Crippen molar-refractivity contribution in [2.75, 3.05) is 0 Å². The van der Waals surface area contributed by atoms with Gasteiger partial charge in [-0.25, -0.2) is 0 Å². The van der Waals surface area contributed by atoms with Gasteiger partial charge in [0.25, 0.3) is 0 Å². The Morgan fingerprint density at radius 3 is 2.30 bits per heavy atom. The molecular formula is C14H13F3N2O. The molecule has 2 rings (SSSR count). The van der Waals surface area contributed by atoms with Gasteiger partial charge in [-0.2, -0.15) is 18.3 Å². The van der Waals surface area contributed by atoms with Gasteiger partial charge in [-0.05, 0) is 19.9 Å². The highest BCUT2D eigenvalue weighted by Gasteiger charge is 2.35. The Kier molecular flexibility index (Phi) is 3.41. The maximum atomic E-state index is 13.0. The van der Waals surface area contributed by atoms with Gasteiger partial charge in [0, 0.05) is 18.3 Å². The molecule has 0 atom stereocenters. The second-order valence-corrected chi connectivity index (χ2v) is 4.54. The Hall–Kier alpha value is -2.11. The monoisotopic (exact) mass is 282 g/mol. The molecule has 0 N–H and O–H groups in total. The molecule has 0 bridgehead atoms. The molecule has 0 aliphatic rings. The van der Waals surface area contributed by atoms with E-state index < -0.39 is 17.5 Å². The molecular weight excluding hydrogens is 269 g/mol. The zero-order valence-corrected chi connectivity index (χ0v) is 11.2. The standard InChI is InChI=1S/C14H13F3N2O/c1-8-12(9(2)19(3)18-8)13(20)10-6-4-5-7-11(10)14(15,16)17/h4-7H,1-3H3. The summed E-state index contributed by atoms with van der Waals surface area (Å²) in [4.78, 5) is 12.4. The van der Waals surface area contributed by atoms with E-state index in [1.807, 2.05) is 0 Å². The van der Waals surface area contributed by atoms with Crippen LogP contribution in [0.2, 0.25) is 0 Å². The molecule has 3 nitrogen and oxygen atoms in total. The highest BCUT2D eigenvalue weighted by atomic mass is 19.4. The van der Waals surface area contributed by atoms with Crippen LogP contribution in [-0.2, 0) is 13.2 Å². The van der Waals surface area contributed by atoms with E-state index in [1.165, 1.54) is 22.9 Å². The van der Waals surface area contributed by atoms with Gasteiger partial charge in [-0.3, -0.25) is 9.48 Å². The zero-order valence-electron chi connectivity index (χ0n) is 11.2. The zero-order chi connectivity index (χ0) is 15.1. The van der Waals surface area contributed by atoms with E-state index >= 15 is 0 Å². The van der Waals surface area contributed by atoms with Crippen LogP contribution in [-0.4, -0.2) is 15.6 Å². The summed E-state index contributed by atoms with van der Waals surface area (Å²) in [6, 6.07) is 4.79. The number of carbonyl (C=O) groups excluding carboxylic acids is 1. The van der Waals surface area contributed by atoms with Gasteiger partial charge in [0.2, 0.25) is 0 Å². The average molecular weight is 282 g/mol. The SMILES string of the molecule is Cc1nn(C)c(C)c1C(=O)c1ccccc1C(F)(F)F. The fourth-order valence-corrected chi connectivity index (χ4v) is 2.17. The maximum Gasteiger partial charge on any atom is 0.417 e. The molecule has 0 spiro atoms. The summed E-state index contributed by atoms with van der Waals surface area (Å²) in [5.74, 6) is -0.652. The predicted octanol–water partition coefficient (Wildman–Crippen LogP) is 3.29. The Morgan fingerprint density at radius 2 is 1.80 bits per heavy atom. The summed E-state index contributed by atoms with van der Waals surface area (Å²) in [6.45, 7) is 3.26. The van der Waals surface area contributed by atoms with Gasteiger partial charge in [0.05, 0.1) is 16.8 Å². The van der Waals surface area contributed by atoms with Crippen LogP contribution in [0.15, 0.2) is 24.3 Å². The van der Waals surface area contributed by atoms with Gasteiger partial charge in [-0.1, -0.05) is 18.2 Å². The first kappa shape index (κ1) is 14.3. The van der Waals surface area contributed by atoms with Crippen molar-refractivity contribution in [3.8, 4) is 0 Å². The van der Waals surface area contributed by atoms with Crippen LogP contribution >= 0.6 is 0 Å². The molecule has 0 fully saturated rings. The third kappa shape index (κ3) is 2.33. The molecule has 0 radical (unpaired) electrons. The second kappa shape index (κ2) is 4.77. The van der Waals surface area contributed by atoms with Crippen LogP contribution in [0.5, 0.6) is 0 Å². The number of hydrogen-bond donors (Lipinski definition) is 0. The molecule has 0 saturated heterocycles. The van der Waals surface area contributed by atoms with Crippen molar-refractivity contribution in [2.24, 2.45) is 7.05 Å². The van der Waals surface area contributed by atoms with Crippen molar-refractivity contribution in [2.45, 2.75) is 20.0 Å². The molecule has 20 heavy (non-hydrogen) atoms. The van der Waals surface area contributed by atoms with Crippen LogP contribution in [0.4, 0.5) is 13.2 Å². The van der Waals surface area contributed by atoms with Gasteiger partial charge in [0.15, 0.2) is 5.78 Å². The number of halogens is 3. The number of ketones is 1. The van der Waals surface area contributed by atoms with E-state index in [0.717, 1.165) is 6.07 Å². The number of alkyl halides is 3. The molecule has 0 saturated carbocycles. The fraction of sp³-hybridized carbons (Fsp3) is 0.286. The Morgan fingerprint density at radius 1 is 1.20 bits per heavy atom. The van der Waals surface area contributed by atoms with E-state index in [9.17, 15) is 18.0 Å². The summed E-state index contributed by atoms with van der Waals surface area (Å²) in [5, 5.41) is 4.06. The summed E-state index contributed by atoms with van der Waals surface area (Å²) in [6.07, 6.45) is -4.56. The van der Waals surface area contributed by atoms with E-state index in [1.54, 1.807) is 20.9 Å². The maximum absolute atomic E-state index is 13.0. The van der Waals surface area contributed by atoms with E-state index in [2.05, 4.69) is 5.10 Å². The minimum absolute atomic E-state index is 0.226. The fourth-order valence-electron chi connectivity index (χ4n) is 2.17. The van der Waals surface area contributed by atoms with Crippen LogP contribution in [0.3, 0.4) is 0 Å². The Balaban J connectivity index is 2.61. The van der Waals surface area contributed by atoms with Crippen molar-refractivity contribution in [3.63, 3.8) is 0 Å². The number of benzene rings is 1. The molecule has 0 aliphatic carbocycles. The minimum Gasteiger partial charge on any atom is -0.288 e. The summed E-state index contributed by atoms with van der Waals surface area (Å²) >= 11 is 0. The first-order valence-corrected chi connectivity index (χ1v) is 5.94. The molecule has 0 amide bonds. The number of aromatic nitrogens is 2. The van der Waals surface area contributed by atoms with E-state index in [-0.39, 0.29) is 11.1 Å². The van der Waals surface area contributed by atoms with Crippen molar-refractivity contribution in [1.29, 1.82) is 0 Å². The summed E-state index contributed by atoms with van der Waals surface area (Å²) < 4.78 is 40.4. The Labute approximate surface area is 114 Å². The number of hydrogen-bond acceptors (Lipinski definition) is 2. The van der Waals surface area contributed by atoms with Gasteiger partial charge < -0.3 is 0 Å². The first-order valence-electron chi connectivity index (χ1n) is 5.94. The molecule has 1 aromatic heterocycles. The van der Waals surface area contributed by atoms with Gasteiger partial charge in [-0.15, -0.1) is 0 Å². The largest absolute Gasteiger partial charge is 0.417 e. The average Bonchev–Trinajstić information content (AvgIpc) is 2.61.